The fourth-order valence-electron chi connectivity index (χ4n) is 2.09. The molecule has 0 bridgehead atoms. The minimum atomic E-state index is -1.09. The Kier molecular flexibility index (Phi) is 6.28. The smallest absolute Gasteiger partial charge is 0.321 e. The highest BCUT2D eigenvalue weighted by molar-refractivity contribution is 6.31. The molecular formula is C17H18ClN3O3. The number of aryl methyl sites for hydroxylation is 1. The number of aromatic nitrogens is 1. The lowest BCUT2D eigenvalue weighted by Gasteiger charge is -2.15. The molecule has 0 saturated carbocycles. The summed E-state index contributed by atoms with van der Waals surface area (Å²) in [6, 6.07) is 9.50. The van der Waals surface area contributed by atoms with Gasteiger partial charge in [0.2, 0.25) is 5.91 Å². The van der Waals surface area contributed by atoms with E-state index in [1.165, 1.54) is 0 Å². The number of carbonyl (C=O) groups is 2. The molecule has 1 amide bonds. The minimum Gasteiger partial charge on any atom is -0.480 e. The number of hydrogen-bond donors (Lipinski definition) is 3. The molecule has 0 fully saturated rings. The average Bonchev–Trinajstić information content (AvgIpc) is 2.55. The second kappa shape index (κ2) is 8.42. The van der Waals surface area contributed by atoms with Crippen molar-refractivity contribution in [3.63, 3.8) is 0 Å². The lowest BCUT2D eigenvalue weighted by atomic mass is 10.1. The number of anilines is 1. The molecule has 3 N–H and O–H groups in total. The molecule has 1 aromatic heterocycles. The molecule has 7 heteroatoms. The van der Waals surface area contributed by atoms with E-state index < -0.39 is 17.9 Å². The van der Waals surface area contributed by atoms with Crippen molar-refractivity contribution in [2.75, 3.05) is 5.32 Å². The molecule has 0 spiro atoms. The summed E-state index contributed by atoms with van der Waals surface area (Å²) in [7, 11) is 0. The summed E-state index contributed by atoms with van der Waals surface area (Å²) in [5.74, 6) is -1.50. The highest BCUT2D eigenvalue weighted by Gasteiger charge is 2.21. The van der Waals surface area contributed by atoms with Crippen LogP contribution in [0.4, 0.5) is 5.69 Å². The van der Waals surface area contributed by atoms with Gasteiger partial charge in [0.25, 0.3) is 0 Å². The molecule has 1 atom stereocenters. The van der Waals surface area contributed by atoms with E-state index in [-0.39, 0.29) is 13.0 Å². The fourth-order valence-corrected chi connectivity index (χ4v) is 2.26. The van der Waals surface area contributed by atoms with E-state index in [1.54, 1.807) is 36.5 Å². The molecule has 0 aliphatic carbocycles. The number of rotatable bonds is 7. The summed E-state index contributed by atoms with van der Waals surface area (Å²) < 4.78 is 0. The maximum atomic E-state index is 12.1. The third kappa shape index (κ3) is 5.33. The monoisotopic (exact) mass is 347 g/mol. The zero-order valence-corrected chi connectivity index (χ0v) is 13.9. The third-order valence-corrected chi connectivity index (χ3v) is 3.65. The van der Waals surface area contributed by atoms with Gasteiger partial charge in [-0.05, 0) is 36.8 Å². The Balaban J connectivity index is 1.95. The first-order valence-corrected chi connectivity index (χ1v) is 7.75. The highest BCUT2D eigenvalue weighted by atomic mass is 35.5. The summed E-state index contributed by atoms with van der Waals surface area (Å²) in [4.78, 5) is 27.6. The van der Waals surface area contributed by atoms with Crippen molar-refractivity contribution in [1.82, 2.24) is 10.3 Å². The van der Waals surface area contributed by atoms with Gasteiger partial charge in [0.15, 0.2) is 0 Å². The van der Waals surface area contributed by atoms with Crippen molar-refractivity contribution < 1.29 is 14.7 Å². The molecule has 6 nitrogen and oxygen atoms in total. The molecule has 0 aliphatic rings. The number of amides is 1. The van der Waals surface area contributed by atoms with Gasteiger partial charge in [-0.1, -0.05) is 23.7 Å². The van der Waals surface area contributed by atoms with Crippen LogP contribution in [0.15, 0.2) is 42.6 Å². The SMILES string of the molecule is Cc1ccc(Cl)cc1NC(=O)C[C@H](NCc1ccccn1)C(=O)O. The number of nitrogens with zero attached hydrogens (tertiary/aromatic N) is 1. The van der Waals surface area contributed by atoms with Gasteiger partial charge in [-0.15, -0.1) is 0 Å². The molecule has 24 heavy (non-hydrogen) atoms. The van der Waals surface area contributed by atoms with Crippen LogP contribution >= 0.6 is 11.6 Å². The van der Waals surface area contributed by atoms with Crippen molar-refractivity contribution in [2.45, 2.75) is 25.9 Å². The van der Waals surface area contributed by atoms with Crippen LogP contribution in [0.1, 0.15) is 17.7 Å². The van der Waals surface area contributed by atoms with Crippen LogP contribution in [0.2, 0.25) is 5.02 Å². The van der Waals surface area contributed by atoms with Crippen molar-refractivity contribution >= 4 is 29.2 Å². The van der Waals surface area contributed by atoms with Crippen LogP contribution in [-0.2, 0) is 16.1 Å². The summed E-state index contributed by atoms with van der Waals surface area (Å²) in [5.41, 5.74) is 2.12. The van der Waals surface area contributed by atoms with E-state index in [4.69, 9.17) is 11.6 Å². The van der Waals surface area contributed by atoms with Crippen molar-refractivity contribution in [1.29, 1.82) is 0 Å². The Labute approximate surface area is 144 Å². The number of carboxylic acids is 1. The van der Waals surface area contributed by atoms with Crippen LogP contribution in [0.25, 0.3) is 0 Å². The molecule has 2 aromatic rings. The number of carboxylic acid groups (broad SMARTS) is 1. The van der Waals surface area contributed by atoms with Crippen LogP contribution in [-0.4, -0.2) is 28.0 Å². The minimum absolute atomic E-state index is 0.200. The fraction of sp³-hybridized carbons (Fsp3) is 0.235. The normalized spacial score (nSPS) is 11.8. The number of nitrogens with one attached hydrogen (secondary N) is 2. The molecule has 126 valence electrons. The predicted molar refractivity (Wildman–Crippen MR) is 91.9 cm³/mol. The maximum Gasteiger partial charge on any atom is 0.321 e. The first-order valence-electron chi connectivity index (χ1n) is 7.38. The van der Waals surface area contributed by atoms with E-state index in [0.29, 0.717) is 16.4 Å². The topological polar surface area (TPSA) is 91.3 Å². The van der Waals surface area contributed by atoms with E-state index in [2.05, 4.69) is 15.6 Å². The summed E-state index contributed by atoms with van der Waals surface area (Å²) in [6.45, 7) is 2.10. The van der Waals surface area contributed by atoms with Crippen LogP contribution in [0.3, 0.4) is 0 Å². The van der Waals surface area contributed by atoms with Gasteiger partial charge in [-0.3, -0.25) is 19.9 Å². The first-order chi connectivity index (χ1) is 11.5. The number of halogens is 1. The second-order valence-corrected chi connectivity index (χ2v) is 5.74. The Morgan fingerprint density at radius 1 is 1.29 bits per heavy atom. The Hall–Kier alpha value is -2.44. The van der Waals surface area contributed by atoms with Gasteiger partial charge in [-0.2, -0.15) is 0 Å². The van der Waals surface area contributed by atoms with Crippen molar-refractivity contribution in [3.8, 4) is 0 Å². The molecule has 1 heterocycles. The Bertz CT molecular complexity index is 722. The van der Waals surface area contributed by atoms with Gasteiger partial charge in [-0.25, -0.2) is 0 Å². The van der Waals surface area contributed by atoms with Gasteiger partial charge < -0.3 is 10.4 Å². The number of aliphatic carboxylic acids is 1. The largest absolute Gasteiger partial charge is 0.480 e. The number of pyridine rings is 1. The zero-order chi connectivity index (χ0) is 17.5. The van der Waals surface area contributed by atoms with Gasteiger partial charge >= 0.3 is 5.97 Å². The first kappa shape index (κ1) is 17.9. The Morgan fingerprint density at radius 3 is 2.75 bits per heavy atom. The predicted octanol–water partition coefficient (Wildman–Crippen LogP) is 2.62. The lowest BCUT2D eigenvalue weighted by molar-refractivity contribution is -0.141. The number of hydrogen-bond acceptors (Lipinski definition) is 4. The summed E-state index contributed by atoms with van der Waals surface area (Å²) in [6.07, 6.45) is 1.43. The molecule has 1 aromatic carbocycles. The van der Waals surface area contributed by atoms with Gasteiger partial charge in [0.05, 0.1) is 12.1 Å². The molecule has 0 saturated heterocycles. The highest BCUT2D eigenvalue weighted by Crippen LogP contribution is 2.20. The molecule has 0 aliphatic heterocycles. The molecule has 0 unspecified atom stereocenters. The Morgan fingerprint density at radius 2 is 2.08 bits per heavy atom. The van der Waals surface area contributed by atoms with Crippen molar-refractivity contribution in [3.05, 3.63) is 58.9 Å². The van der Waals surface area contributed by atoms with Gasteiger partial charge in [0.1, 0.15) is 6.04 Å². The van der Waals surface area contributed by atoms with E-state index in [1.807, 2.05) is 13.0 Å². The average molecular weight is 348 g/mol. The summed E-state index contributed by atoms with van der Waals surface area (Å²) >= 11 is 5.91. The number of benzene rings is 1. The van der Waals surface area contributed by atoms with Crippen LogP contribution in [0.5, 0.6) is 0 Å². The molecular weight excluding hydrogens is 330 g/mol. The van der Waals surface area contributed by atoms with Gasteiger partial charge in [0, 0.05) is 23.5 Å². The maximum absolute atomic E-state index is 12.1. The van der Waals surface area contributed by atoms with Crippen molar-refractivity contribution in [2.24, 2.45) is 0 Å². The molecule has 2 rings (SSSR count). The van der Waals surface area contributed by atoms with E-state index >= 15 is 0 Å². The standard InChI is InChI=1S/C17H18ClN3O3/c1-11-5-6-12(18)8-14(11)21-16(22)9-15(17(23)24)20-10-13-4-2-3-7-19-13/h2-8,15,20H,9-10H2,1H3,(H,21,22)(H,23,24)/t15-/m0/s1. The quantitative estimate of drug-likeness (QED) is 0.716. The van der Waals surface area contributed by atoms with Crippen LogP contribution < -0.4 is 10.6 Å². The number of carbonyl (C=O) groups excluding carboxylic acids is 1. The van der Waals surface area contributed by atoms with E-state index in [9.17, 15) is 14.7 Å². The lowest BCUT2D eigenvalue weighted by Crippen LogP contribution is -2.39. The van der Waals surface area contributed by atoms with E-state index in [0.717, 1.165) is 5.56 Å². The second-order valence-electron chi connectivity index (χ2n) is 5.30. The zero-order valence-electron chi connectivity index (χ0n) is 13.1. The van der Waals surface area contributed by atoms with Crippen LogP contribution in [0, 0.1) is 6.92 Å². The third-order valence-electron chi connectivity index (χ3n) is 3.42. The summed E-state index contributed by atoms with van der Waals surface area (Å²) in [5, 5.41) is 15.3. The molecule has 0 radical (unpaired) electrons.